The van der Waals surface area contributed by atoms with Crippen LogP contribution in [0.2, 0.25) is 0 Å². The average Bonchev–Trinajstić information content (AvgIpc) is 3.06. The quantitative estimate of drug-likeness (QED) is 0.565. The molecule has 4 aliphatic carbocycles. The summed E-state index contributed by atoms with van der Waals surface area (Å²) in [6.07, 6.45) is 13.9. The number of nitrogens with zero attached hydrogens (tertiary/aromatic N) is 1. The lowest BCUT2D eigenvalue weighted by molar-refractivity contribution is -0.0580. The number of hydrogen-bond acceptors (Lipinski definition) is 3. The second kappa shape index (κ2) is 8.52. The van der Waals surface area contributed by atoms with E-state index in [9.17, 15) is 5.11 Å². The fraction of sp³-hybridized carbons (Fsp3) is 0.926. The van der Waals surface area contributed by atoms with Crippen molar-refractivity contribution < 1.29 is 9.84 Å². The Balaban J connectivity index is 1.47. The Labute approximate surface area is 185 Å². The van der Waals surface area contributed by atoms with E-state index < -0.39 is 0 Å². The molecule has 0 aliphatic heterocycles. The highest BCUT2D eigenvalue weighted by Gasteiger charge is 2.59. The first-order valence-corrected chi connectivity index (χ1v) is 12.8. The van der Waals surface area contributed by atoms with E-state index >= 15 is 0 Å². The molecule has 0 spiro atoms. The largest absolute Gasteiger partial charge is 0.393 e. The molecule has 1 N–H and O–H groups in total. The molecule has 0 aromatic rings. The summed E-state index contributed by atoms with van der Waals surface area (Å²) in [7, 11) is 4.24. The van der Waals surface area contributed by atoms with E-state index in [0.717, 1.165) is 49.6 Å². The number of methoxy groups -OCH3 is 1. The Kier molecular flexibility index (Phi) is 6.48. The van der Waals surface area contributed by atoms with Gasteiger partial charge in [-0.2, -0.15) is 0 Å². The predicted octanol–water partition coefficient (Wildman–Crippen LogP) is 5.67. The maximum atomic E-state index is 10.2. The van der Waals surface area contributed by atoms with Crippen LogP contribution in [-0.2, 0) is 4.74 Å². The van der Waals surface area contributed by atoms with Gasteiger partial charge in [-0.25, -0.2) is 0 Å². The van der Waals surface area contributed by atoms with Crippen LogP contribution < -0.4 is 0 Å². The minimum atomic E-state index is -0.0963. The Morgan fingerprint density at radius 3 is 2.60 bits per heavy atom. The molecule has 172 valence electrons. The summed E-state index contributed by atoms with van der Waals surface area (Å²) >= 11 is 0. The molecule has 0 unspecified atom stereocenters. The van der Waals surface area contributed by atoms with E-state index in [1.165, 1.54) is 38.5 Å². The molecule has 0 aromatic heterocycles. The van der Waals surface area contributed by atoms with E-state index in [4.69, 9.17) is 4.74 Å². The SMILES string of the molecule is CO[C@H](CCN(C)[C@H]1CC[C@H]2[C@@H]3CC=C4C[C@@H](O)CC[C@]4(C)[C@H]3CC[C@]12C)C(C)C. The molecule has 30 heavy (non-hydrogen) atoms. The van der Waals surface area contributed by atoms with Gasteiger partial charge in [0.05, 0.1) is 12.2 Å². The van der Waals surface area contributed by atoms with Gasteiger partial charge in [0.25, 0.3) is 0 Å². The van der Waals surface area contributed by atoms with Crippen molar-refractivity contribution >= 4 is 0 Å². The van der Waals surface area contributed by atoms with Gasteiger partial charge in [-0.3, -0.25) is 0 Å². The van der Waals surface area contributed by atoms with Crippen LogP contribution in [0.3, 0.4) is 0 Å². The van der Waals surface area contributed by atoms with Crippen LogP contribution >= 0.6 is 0 Å². The number of ether oxygens (including phenoxy) is 1. The van der Waals surface area contributed by atoms with Gasteiger partial charge in [0.2, 0.25) is 0 Å². The first kappa shape index (κ1) is 22.8. The third kappa shape index (κ3) is 3.71. The molecular weight excluding hydrogens is 370 g/mol. The van der Waals surface area contributed by atoms with E-state index in [1.54, 1.807) is 5.57 Å². The highest BCUT2D eigenvalue weighted by atomic mass is 16.5. The Morgan fingerprint density at radius 2 is 1.90 bits per heavy atom. The van der Waals surface area contributed by atoms with Gasteiger partial charge in [0, 0.05) is 19.7 Å². The fourth-order valence-corrected chi connectivity index (χ4v) is 8.55. The van der Waals surface area contributed by atoms with Crippen molar-refractivity contribution in [2.75, 3.05) is 20.7 Å². The van der Waals surface area contributed by atoms with Crippen LogP contribution in [0, 0.1) is 34.5 Å². The zero-order valence-corrected chi connectivity index (χ0v) is 20.5. The molecule has 0 amide bonds. The van der Waals surface area contributed by atoms with Crippen LogP contribution in [0.4, 0.5) is 0 Å². The lowest BCUT2D eigenvalue weighted by atomic mass is 9.48. The zero-order chi connectivity index (χ0) is 21.7. The summed E-state index contributed by atoms with van der Waals surface area (Å²) in [6, 6.07) is 0.722. The third-order valence-corrected chi connectivity index (χ3v) is 10.4. The summed E-state index contributed by atoms with van der Waals surface area (Å²) < 4.78 is 5.75. The Morgan fingerprint density at radius 1 is 1.13 bits per heavy atom. The lowest BCUT2D eigenvalue weighted by Crippen LogP contribution is -2.53. The molecule has 3 fully saturated rings. The van der Waals surface area contributed by atoms with Gasteiger partial charge >= 0.3 is 0 Å². The van der Waals surface area contributed by atoms with Gasteiger partial charge in [0.1, 0.15) is 0 Å². The minimum Gasteiger partial charge on any atom is -0.393 e. The molecule has 0 saturated heterocycles. The van der Waals surface area contributed by atoms with Crippen molar-refractivity contribution in [2.24, 2.45) is 34.5 Å². The monoisotopic (exact) mass is 417 g/mol. The molecular formula is C27H47NO2. The third-order valence-electron chi connectivity index (χ3n) is 10.4. The van der Waals surface area contributed by atoms with Crippen molar-refractivity contribution in [2.45, 2.75) is 104 Å². The molecule has 4 aliphatic rings. The highest BCUT2D eigenvalue weighted by Crippen LogP contribution is 2.65. The molecule has 3 nitrogen and oxygen atoms in total. The highest BCUT2D eigenvalue weighted by molar-refractivity contribution is 5.25. The second-order valence-corrected chi connectivity index (χ2v) is 12.1. The molecule has 0 aromatic carbocycles. The van der Waals surface area contributed by atoms with E-state index in [-0.39, 0.29) is 6.10 Å². The molecule has 8 atom stereocenters. The normalized spacial score (nSPS) is 44.4. The smallest absolute Gasteiger partial charge is 0.0606 e. The standard InChI is InChI=1S/C27H47NO2/c1-18(2)24(30-6)13-16-28(5)25-10-9-22-21-8-7-19-17-20(29)11-14-26(19,3)23(21)12-15-27(22,25)4/h7,18,20-25,29H,8-17H2,1-6H3/t20-,21-,22-,23-,24+,25-,26-,27-/m0/s1. The fourth-order valence-electron chi connectivity index (χ4n) is 8.55. The lowest BCUT2D eigenvalue weighted by Gasteiger charge is -2.58. The Hall–Kier alpha value is -0.380. The average molecular weight is 418 g/mol. The van der Waals surface area contributed by atoms with Crippen LogP contribution in [0.15, 0.2) is 11.6 Å². The van der Waals surface area contributed by atoms with Crippen LogP contribution in [0.25, 0.3) is 0 Å². The van der Waals surface area contributed by atoms with Crippen molar-refractivity contribution in [3.8, 4) is 0 Å². The topological polar surface area (TPSA) is 32.7 Å². The van der Waals surface area contributed by atoms with Gasteiger partial charge in [0.15, 0.2) is 0 Å². The first-order chi connectivity index (χ1) is 14.2. The predicted molar refractivity (Wildman–Crippen MR) is 124 cm³/mol. The summed E-state index contributed by atoms with van der Waals surface area (Å²) in [5.74, 6) is 3.15. The van der Waals surface area contributed by atoms with Crippen molar-refractivity contribution in [1.82, 2.24) is 4.90 Å². The van der Waals surface area contributed by atoms with Crippen molar-refractivity contribution in [1.29, 1.82) is 0 Å². The van der Waals surface area contributed by atoms with E-state index in [0.29, 0.717) is 22.9 Å². The molecule has 0 radical (unpaired) electrons. The second-order valence-electron chi connectivity index (χ2n) is 12.1. The van der Waals surface area contributed by atoms with Crippen molar-refractivity contribution in [3.05, 3.63) is 11.6 Å². The van der Waals surface area contributed by atoms with Crippen LogP contribution in [0.1, 0.15) is 85.5 Å². The van der Waals surface area contributed by atoms with Crippen LogP contribution in [0.5, 0.6) is 0 Å². The summed E-state index contributed by atoms with van der Waals surface area (Å²) in [5.41, 5.74) is 2.42. The number of fused-ring (bicyclic) bond motifs is 5. The van der Waals surface area contributed by atoms with Gasteiger partial charge < -0.3 is 14.7 Å². The number of rotatable bonds is 6. The molecule has 0 bridgehead atoms. The number of aliphatic hydroxyl groups is 1. The number of hydrogen-bond donors (Lipinski definition) is 1. The molecule has 3 saturated carbocycles. The zero-order valence-electron chi connectivity index (χ0n) is 20.5. The first-order valence-electron chi connectivity index (χ1n) is 12.8. The maximum Gasteiger partial charge on any atom is 0.0606 e. The Bertz CT molecular complexity index is 645. The molecule has 4 rings (SSSR count). The van der Waals surface area contributed by atoms with Gasteiger partial charge in [-0.05, 0) is 99.3 Å². The van der Waals surface area contributed by atoms with Crippen molar-refractivity contribution in [3.63, 3.8) is 0 Å². The van der Waals surface area contributed by atoms with E-state index in [1.807, 2.05) is 7.11 Å². The molecule has 0 heterocycles. The minimum absolute atomic E-state index is 0.0963. The maximum absolute atomic E-state index is 10.2. The number of allylic oxidation sites excluding steroid dienone is 1. The van der Waals surface area contributed by atoms with E-state index in [2.05, 4.69) is 45.7 Å². The summed E-state index contributed by atoms with van der Waals surface area (Å²) in [5, 5.41) is 10.2. The number of aliphatic hydroxyl groups excluding tert-OH is 1. The van der Waals surface area contributed by atoms with Crippen LogP contribution in [-0.4, -0.2) is 49.0 Å². The summed E-state index contributed by atoms with van der Waals surface area (Å²) in [6.45, 7) is 10.9. The molecule has 3 heteroatoms. The van der Waals surface area contributed by atoms with Gasteiger partial charge in [-0.1, -0.05) is 39.3 Å². The summed E-state index contributed by atoms with van der Waals surface area (Å²) in [4.78, 5) is 2.69. The van der Waals surface area contributed by atoms with Gasteiger partial charge in [-0.15, -0.1) is 0 Å².